The van der Waals surface area contributed by atoms with E-state index in [-0.39, 0.29) is 58.6 Å². The van der Waals surface area contributed by atoms with Crippen LogP contribution in [0.5, 0.6) is 11.5 Å². The van der Waals surface area contributed by atoms with Crippen molar-refractivity contribution in [2.45, 2.75) is 13.1 Å². The Morgan fingerprint density at radius 2 is 1.17 bits per heavy atom. The zero-order valence-corrected chi connectivity index (χ0v) is 33.9. The van der Waals surface area contributed by atoms with Crippen LogP contribution in [0, 0.1) is 31.7 Å². The standard InChI is InChI=1S/C20H18N4O5.C19H17N3O4.CHNO.Na/c1-29-18-7-5-13(9-17(18)14-3-2-4-16(10-14)24(27)28)11-23-12-15(22-20(21)26)6-8-19(23)25;1-26-18-7-5-13(11-21-12-15(20)6-8-19(21)23)9-17(18)14-3-2-4-16(10-14)22(24)25;2-1-3;/h2-10,12H,11H2,1H3,(H3,21,22,26);2-10,12H,11,20H2,1H3;3H;/q;;;+1/p-1. The van der Waals surface area contributed by atoms with E-state index in [9.17, 15) is 34.6 Å². The van der Waals surface area contributed by atoms with Gasteiger partial charge in [-0.15, -0.1) is 0 Å². The fourth-order valence-electron chi connectivity index (χ4n) is 5.67. The number of pyridine rings is 2. The number of benzene rings is 4. The molecule has 2 amide bonds. The number of primary amides is 1. The van der Waals surface area contributed by atoms with Crippen LogP contribution in [0.1, 0.15) is 11.1 Å². The number of aromatic nitrogens is 2. The van der Waals surface area contributed by atoms with Crippen molar-refractivity contribution in [3.8, 4) is 40.0 Å². The number of rotatable bonds is 11. The van der Waals surface area contributed by atoms with Gasteiger partial charge in [-0.3, -0.25) is 29.8 Å². The van der Waals surface area contributed by atoms with E-state index in [4.69, 9.17) is 31.3 Å². The molecule has 0 radical (unpaired) electrons. The molecule has 59 heavy (non-hydrogen) atoms. The molecular formula is C40H35N8NaO10. The monoisotopic (exact) mass is 810 g/mol. The molecule has 0 atom stereocenters. The second-order valence-corrected chi connectivity index (χ2v) is 12.1. The van der Waals surface area contributed by atoms with Gasteiger partial charge in [0.1, 0.15) is 11.5 Å². The SMILES string of the molecule is COc1ccc(Cn2cc(N)ccc2=O)cc1-c1cccc([N+](=O)[O-])c1.COc1ccc(Cn2cc(NC(N)=O)ccc2=O)cc1-c1cccc([N+](=O)[O-])c1.N#C[O-].[Na+]. The maximum atomic E-state index is 12.2. The van der Waals surface area contributed by atoms with Gasteiger partial charge in [0.05, 0.1) is 42.8 Å². The Morgan fingerprint density at radius 1 is 0.729 bits per heavy atom. The number of nitro groups is 2. The van der Waals surface area contributed by atoms with Crippen LogP contribution in [0.25, 0.3) is 22.3 Å². The first kappa shape index (κ1) is 45.9. The average Bonchev–Trinajstić information content (AvgIpc) is 3.21. The summed E-state index contributed by atoms with van der Waals surface area (Å²) in [6.07, 6.45) is 3.57. The summed E-state index contributed by atoms with van der Waals surface area (Å²) < 4.78 is 13.7. The largest absolute Gasteiger partial charge is 1.00 e. The van der Waals surface area contributed by atoms with Crippen LogP contribution in [-0.4, -0.2) is 39.2 Å². The molecule has 0 aliphatic heterocycles. The van der Waals surface area contributed by atoms with Crippen molar-refractivity contribution in [2.75, 3.05) is 25.3 Å². The van der Waals surface area contributed by atoms with Crippen molar-refractivity contribution >= 4 is 28.8 Å². The summed E-state index contributed by atoms with van der Waals surface area (Å²) in [5.74, 6) is 1.14. The van der Waals surface area contributed by atoms with Crippen LogP contribution in [-0.2, 0) is 13.1 Å². The third-order valence-electron chi connectivity index (χ3n) is 8.23. The van der Waals surface area contributed by atoms with Crippen LogP contribution >= 0.6 is 0 Å². The Labute approximate surface area is 358 Å². The maximum Gasteiger partial charge on any atom is 1.00 e. The fraction of sp³-hybridized carbons (Fsp3) is 0.100. The molecule has 0 fully saturated rings. The number of nitrogens with zero attached hydrogens (tertiary/aromatic N) is 5. The molecule has 6 aromatic rings. The number of nitro benzene ring substituents is 2. The van der Waals surface area contributed by atoms with Crippen LogP contribution in [0.3, 0.4) is 0 Å². The van der Waals surface area contributed by atoms with Gasteiger partial charge in [-0.05, 0) is 58.7 Å². The van der Waals surface area contributed by atoms with Crippen LogP contribution in [0.15, 0.2) is 131 Å². The minimum absolute atomic E-state index is 0. The van der Waals surface area contributed by atoms with E-state index in [0.29, 0.717) is 57.9 Å². The first-order chi connectivity index (χ1) is 27.8. The molecule has 2 aromatic heterocycles. The quantitative estimate of drug-likeness (QED) is 0.0732. The van der Waals surface area contributed by atoms with Gasteiger partial charge in [-0.25, -0.2) is 10.1 Å². The van der Waals surface area contributed by atoms with Gasteiger partial charge in [0, 0.05) is 71.9 Å². The zero-order chi connectivity index (χ0) is 42.4. The van der Waals surface area contributed by atoms with E-state index < -0.39 is 15.9 Å². The zero-order valence-electron chi connectivity index (χ0n) is 31.9. The Bertz CT molecular complexity index is 2620. The molecular weight excluding hydrogens is 775 g/mol. The van der Waals surface area contributed by atoms with Gasteiger partial charge in [0.15, 0.2) is 0 Å². The predicted molar refractivity (Wildman–Crippen MR) is 213 cm³/mol. The summed E-state index contributed by atoms with van der Waals surface area (Å²) >= 11 is 0. The number of nitrogen functional groups attached to an aromatic ring is 1. The van der Waals surface area contributed by atoms with Gasteiger partial charge in [-0.1, -0.05) is 36.4 Å². The fourth-order valence-corrected chi connectivity index (χ4v) is 5.67. The van der Waals surface area contributed by atoms with Gasteiger partial charge >= 0.3 is 35.6 Å². The van der Waals surface area contributed by atoms with Crippen LogP contribution in [0.2, 0.25) is 0 Å². The number of methoxy groups -OCH3 is 2. The number of hydrogen-bond donors (Lipinski definition) is 3. The van der Waals surface area contributed by atoms with Gasteiger partial charge in [0.25, 0.3) is 22.5 Å². The topological polar surface area (TPSA) is 277 Å². The number of carbonyl (C=O) groups is 1. The number of nitriles is 1. The summed E-state index contributed by atoms with van der Waals surface area (Å²) in [7, 11) is 3.05. The molecule has 0 aliphatic carbocycles. The number of non-ortho nitro benzene ring substituents is 2. The molecule has 6 rings (SSSR count). The minimum Gasteiger partial charge on any atom is -0.812 e. The number of nitrogens with one attached hydrogen (secondary N) is 1. The molecule has 2 heterocycles. The van der Waals surface area contributed by atoms with Crippen molar-refractivity contribution in [3.05, 3.63) is 174 Å². The van der Waals surface area contributed by atoms with Gasteiger partial charge in [0.2, 0.25) is 0 Å². The summed E-state index contributed by atoms with van der Waals surface area (Å²) in [5, 5.41) is 39.6. The third-order valence-corrected chi connectivity index (χ3v) is 8.23. The average molecular weight is 811 g/mol. The first-order valence-electron chi connectivity index (χ1n) is 16.8. The number of nitrogens with two attached hydrogens (primary N) is 2. The number of ether oxygens (including phenoxy) is 2. The molecule has 0 saturated carbocycles. The normalized spacial score (nSPS) is 9.85. The van der Waals surface area contributed by atoms with E-state index in [2.05, 4.69) is 5.32 Å². The van der Waals surface area contributed by atoms with Crippen molar-refractivity contribution in [1.82, 2.24) is 9.13 Å². The molecule has 0 saturated heterocycles. The molecule has 19 heteroatoms. The molecule has 5 N–H and O–H groups in total. The van der Waals surface area contributed by atoms with E-state index >= 15 is 0 Å². The Kier molecular flexibility index (Phi) is 16.9. The van der Waals surface area contributed by atoms with E-state index in [1.165, 1.54) is 72.0 Å². The van der Waals surface area contributed by atoms with Crippen molar-refractivity contribution < 1.29 is 58.8 Å². The Balaban J connectivity index is 0.000000292. The van der Waals surface area contributed by atoms with Crippen LogP contribution < -0.4 is 72.0 Å². The minimum atomic E-state index is -0.729. The number of amides is 2. The predicted octanol–water partition coefficient (Wildman–Crippen LogP) is 1.87. The number of urea groups is 1. The summed E-state index contributed by atoms with van der Waals surface area (Å²) in [6, 6.07) is 28.4. The molecule has 0 aliphatic rings. The van der Waals surface area contributed by atoms with Crippen molar-refractivity contribution in [3.63, 3.8) is 0 Å². The summed E-state index contributed by atoms with van der Waals surface area (Å²) in [6.45, 7) is 0.550. The van der Waals surface area contributed by atoms with Gasteiger partial charge in [-0.2, -0.15) is 0 Å². The molecule has 0 bridgehead atoms. The second-order valence-electron chi connectivity index (χ2n) is 12.1. The van der Waals surface area contributed by atoms with E-state index in [1.54, 1.807) is 60.8 Å². The van der Waals surface area contributed by atoms with Crippen molar-refractivity contribution in [2.24, 2.45) is 5.73 Å². The smallest absolute Gasteiger partial charge is 0.812 e. The van der Waals surface area contributed by atoms with Crippen molar-refractivity contribution in [1.29, 1.82) is 5.26 Å². The first-order valence-corrected chi connectivity index (χ1v) is 16.8. The number of anilines is 2. The third kappa shape index (κ3) is 12.8. The molecule has 18 nitrogen and oxygen atoms in total. The Hall–Kier alpha value is -7.46. The number of carbonyl (C=O) groups excluding carboxylic acids is 1. The van der Waals surface area contributed by atoms with E-state index in [1.807, 2.05) is 12.1 Å². The molecule has 0 unspecified atom stereocenters. The summed E-state index contributed by atoms with van der Waals surface area (Å²) in [5.41, 5.74) is 15.6. The Morgan fingerprint density at radius 3 is 1.59 bits per heavy atom. The maximum absolute atomic E-state index is 12.2. The molecule has 0 spiro atoms. The molecule has 296 valence electrons. The molecule has 4 aromatic carbocycles. The van der Waals surface area contributed by atoms with Crippen LogP contribution in [0.4, 0.5) is 27.5 Å². The van der Waals surface area contributed by atoms with Gasteiger partial charge < -0.3 is 40.5 Å². The van der Waals surface area contributed by atoms with E-state index in [0.717, 1.165) is 11.1 Å². The second kappa shape index (κ2) is 21.7. The summed E-state index contributed by atoms with van der Waals surface area (Å²) in [4.78, 5) is 56.4. The number of hydrogen-bond acceptors (Lipinski definition) is 12.